The Morgan fingerprint density at radius 2 is 1.95 bits per heavy atom. The molecule has 1 aromatic rings. The van der Waals surface area contributed by atoms with E-state index in [-0.39, 0.29) is 5.78 Å². The molecular weight excluding hydrogens is 254 g/mol. The van der Waals surface area contributed by atoms with E-state index in [1.807, 2.05) is 6.92 Å². The van der Waals surface area contributed by atoms with Gasteiger partial charge in [0, 0.05) is 20.9 Å². The number of aryl methyl sites for hydroxylation is 2. The predicted molar refractivity (Wildman–Crippen MR) is 81.6 cm³/mol. The molecule has 1 rings (SSSR count). The van der Waals surface area contributed by atoms with E-state index in [0.29, 0.717) is 17.9 Å². The highest BCUT2D eigenvalue weighted by molar-refractivity contribution is 6.76. The zero-order valence-corrected chi connectivity index (χ0v) is 14.0. The molecule has 0 atom stereocenters. The summed E-state index contributed by atoms with van der Waals surface area (Å²) in [5, 5.41) is 0. The topological polar surface area (TPSA) is 43.1 Å². The van der Waals surface area contributed by atoms with Crippen LogP contribution in [0, 0.1) is 6.92 Å². The molecule has 19 heavy (non-hydrogen) atoms. The first-order valence-electron chi connectivity index (χ1n) is 7.33. The summed E-state index contributed by atoms with van der Waals surface area (Å²) < 4.78 is 5.59. The highest BCUT2D eigenvalue weighted by Gasteiger charge is 2.20. The van der Waals surface area contributed by atoms with Gasteiger partial charge < -0.3 is 4.42 Å². The standard InChI is InChI=1S/C15H27NO2Si/c1-6-7-8-9-14-16-15(12(2)18-14)13(17)10-11-19(3,4)5/h6-11H2,1-5H3. The van der Waals surface area contributed by atoms with Crippen LogP contribution in [0.4, 0.5) is 0 Å². The second kappa shape index (κ2) is 7.03. The van der Waals surface area contributed by atoms with Crippen LogP contribution >= 0.6 is 0 Å². The first-order chi connectivity index (χ1) is 8.83. The Morgan fingerprint density at radius 1 is 1.26 bits per heavy atom. The molecule has 0 saturated carbocycles. The molecule has 0 fully saturated rings. The summed E-state index contributed by atoms with van der Waals surface area (Å²) >= 11 is 0. The van der Waals surface area contributed by atoms with Crippen molar-refractivity contribution < 1.29 is 9.21 Å². The number of aromatic nitrogens is 1. The number of oxazole rings is 1. The van der Waals surface area contributed by atoms with E-state index in [1.165, 1.54) is 12.8 Å². The van der Waals surface area contributed by atoms with Crippen LogP contribution < -0.4 is 0 Å². The molecular formula is C15H27NO2Si. The third kappa shape index (κ3) is 5.72. The summed E-state index contributed by atoms with van der Waals surface area (Å²) in [5.74, 6) is 1.56. The van der Waals surface area contributed by atoms with Crippen molar-refractivity contribution in [2.45, 2.75) is 71.6 Å². The fourth-order valence-electron chi connectivity index (χ4n) is 1.95. The van der Waals surface area contributed by atoms with Crippen molar-refractivity contribution in [3.05, 3.63) is 17.3 Å². The molecule has 3 nitrogen and oxygen atoms in total. The predicted octanol–water partition coefficient (Wildman–Crippen LogP) is 4.63. The van der Waals surface area contributed by atoms with Gasteiger partial charge in [0.05, 0.1) is 0 Å². The van der Waals surface area contributed by atoms with Gasteiger partial charge in [-0.15, -0.1) is 0 Å². The van der Waals surface area contributed by atoms with Crippen LogP contribution in [-0.4, -0.2) is 18.8 Å². The molecule has 4 heteroatoms. The van der Waals surface area contributed by atoms with Gasteiger partial charge in [-0.2, -0.15) is 0 Å². The molecule has 0 bridgehead atoms. The van der Waals surface area contributed by atoms with Crippen molar-refractivity contribution in [1.82, 2.24) is 4.98 Å². The maximum absolute atomic E-state index is 12.2. The number of nitrogens with zero attached hydrogens (tertiary/aromatic N) is 1. The average Bonchev–Trinajstić information content (AvgIpc) is 2.67. The number of carbonyl (C=O) groups excluding carboxylic acids is 1. The lowest BCUT2D eigenvalue weighted by molar-refractivity contribution is 0.0982. The van der Waals surface area contributed by atoms with Crippen LogP contribution in [0.5, 0.6) is 0 Å². The highest BCUT2D eigenvalue weighted by Crippen LogP contribution is 2.18. The Balaban J connectivity index is 2.60. The molecule has 0 aliphatic carbocycles. The Morgan fingerprint density at radius 3 is 2.53 bits per heavy atom. The largest absolute Gasteiger partial charge is 0.445 e. The van der Waals surface area contributed by atoms with Gasteiger partial charge in [-0.05, 0) is 13.3 Å². The van der Waals surface area contributed by atoms with E-state index in [2.05, 4.69) is 31.5 Å². The van der Waals surface area contributed by atoms with E-state index in [0.717, 1.165) is 24.8 Å². The van der Waals surface area contributed by atoms with Crippen molar-refractivity contribution in [3.8, 4) is 0 Å². The van der Waals surface area contributed by atoms with Crippen molar-refractivity contribution in [1.29, 1.82) is 0 Å². The van der Waals surface area contributed by atoms with Crippen molar-refractivity contribution in [3.63, 3.8) is 0 Å². The van der Waals surface area contributed by atoms with Gasteiger partial charge in [0.2, 0.25) is 0 Å². The number of hydrogen-bond acceptors (Lipinski definition) is 3. The number of ketones is 1. The molecule has 0 N–H and O–H groups in total. The van der Waals surface area contributed by atoms with Crippen LogP contribution in [-0.2, 0) is 6.42 Å². The minimum absolute atomic E-state index is 0.144. The van der Waals surface area contributed by atoms with Crippen molar-refractivity contribution in [2.75, 3.05) is 0 Å². The second-order valence-corrected chi connectivity index (χ2v) is 12.1. The van der Waals surface area contributed by atoms with Crippen LogP contribution in [0.25, 0.3) is 0 Å². The van der Waals surface area contributed by atoms with Crippen LogP contribution in [0.1, 0.15) is 54.7 Å². The molecule has 0 radical (unpaired) electrons. The number of unbranched alkanes of at least 4 members (excludes halogenated alkanes) is 2. The van der Waals surface area contributed by atoms with E-state index in [1.54, 1.807) is 0 Å². The summed E-state index contributed by atoms with van der Waals surface area (Å²) in [6, 6.07) is 1.02. The molecule has 0 saturated heterocycles. The van der Waals surface area contributed by atoms with Gasteiger partial charge in [-0.3, -0.25) is 4.79 Å². The Labute approximate surface area is 117 Å². The number of Topliss-reactive ketones (excluding diaryl/α,β-unsaturated/α-hetero) is 1. The third-order valence-electron chi connectivity index (χ3n) is 3.20. The first-order valence-corrected chi connectivity index (χ1v) is 11.0. The lowest BCUT2D eigenvalue weighted by atomic mass is 10.2. The molecule has 0 spiro atoms. The van der Waals surface area contributed by atoms with Crippen LogP contribution in [0.15, 0.2) is 4.42 Å². The second-order valence-electron chi connectivity index (χ2n) is 6.45. The fourth-order valence-corrected chi connectivity index (χ4v) is 2.93. The summed E-state index contributed by atoms with van der Waals surface area (Å²) in [6.45, 7) is 10.9. The SMILES string of the molecule is CCCCCc1nc(C(=O)CC[Si](C)(C)C)c(C)o1. The van der Waals surface area contributed by atoms with Gasteiger partial charge in [0.15, 0.2) is 11.7 Å². The quantitative estimate of drug-likeness (QED) is 0.396. The fraction of sp³-hybridized carbons (Fsp3) is 0.733. The number of hydrogen-bond donors (Lipinski definition) is 0. The van der Waals surface area contributed by atoms with Gasteiger partial charge in [0.1, 0.15) is 11.5 Å². The first kappa shape index (κ1) is 16.2. The third-order valence-corrected chi connectivity index (χ3v) is 4.95. The van der Waals surface area contributed by atoms with E-state index in [9.17, 15) is 4.79 Å². The highest BCUT2D eigenvalue weighted by atomic mass is 28.3. The Bertz CT molecular complexity index is 418. The molecule has 1 heterocycles. The summed E-state index contributed by atoms with van der Waals surface area (Å²) in [4.78, 5) is 16.5. The van der Waals surface area contributed by atoms with E-state index < -0.39 is 8.07 Å². The number of rotatable bonds is 8. The maximum Gasteiger partial charge on any atom is 0.195 e. The zero-order chi connectivity index (χ0) is 14.5. The van der Waals surface area contributed by atoms with Crippen molar-refractivity contribution >= 4 is 13.9 Å². The Hall–Kier alpha value is -0.903. The molecule has 0 aromatic carbocycles. The van der Waals surface area contributed by atoms with Gasteiger partial charge >= 0.3 is 0 Å². The van der Waals surface area contributed by atoms with Gasteiger partial charge in [0.25, 0.3) is 0 Å². The molecule has 0 unspecified atom stereocenters. The lowest BCUT2D eigenvalue weighted by Crippen LogP contribution is -2.20. The van der Waals surface area contributed by atoms with Gasteiger partial charge in [-0.1, -0.05) is 45.5 Å². The lowest BCUT2D eigenvalue weighted by Gasteiger charge is -2.13. The average molecular weight is 281 g/mol. The summed E-state index contributed by atoms with van der Waals surface area (Å²) in [6.07, 6.45) is 4.90. The minimum atomic E-state index is -1.17. The monoisotopic (exact) mass is 281 g/mol. The zero-order valence-electron chi connectivity index (χ0n) is 13.0. The molecule has 108 valence electrons. The van der Waals surface area contributed by atoms with Crippen LogP contribution in [0.2, 0.25) is 25.7 Å². The Kier molecular flexibility index (Phi) is 5.98. The molecule has 0 aliphatic rings. The molecule has 1 aromatic heterocycles. The van der Waals surface area contributed by atoms with Crippen molar-refractivity contribution in [2.24, 2.45) is 0 Å². The van der Waals surface area contributed by atoms with Crippen LogP contribution in [0.3, 0.4) is 0 Å². The smallest absolute Gasteiger partial charge is 0.195 e. The normalized spacial score (nSPS) is 11.8. The number of carbonyl (C=O) groups is 1. The minimum Gasteiger partial charge on any atom is -0.445 e. The maximum atomic E-state index is 12.2. The van der Waals surface area contributed by atoms with Gasteiger partial charge in [-0.25, -0.2) is 4.98 Å². The summed E-state index contributed by atoms with van der Waals surface area (Å²) in [7, 11) is -1.17. The summed E-state index contributed by atoms with van der Waals surface area (Å²) in [5.41, 5.74) is 0.560. The molecule has 0 amide bonds. The van der Waals surface area contributed by atoms with E-state index >= 15 is 0 Å². The van der Waals surface area contributed by atoms with E-state index in [4.69, 9.17) is 4.42 Å². The molecule has 0 aliphatic heterocycles.